The van der Waals surface area contributed by atoms with E-state index in [9.17, 15) is 4.79 Å². The Morgan fingerprint density at radius 1 is 1.14 bits per heavy atom. The maximum Gasteiger partial charge on any atom is 0.254 e. The van der Waals surface area contributed by atoms with Crippen LogP contribution in [0.1, 0.15) is 36.0 Å². The van der Waals surface area contributed by atoms with Crippen molar-refractivity contribution in [2.45, 2.75) is 31.7 Å². The van der Waals surface area contributed by atoms with Gasteiger partial charge < -0.3 is 10.6 Å². The lowest BCUT2D eigenvalue weighted by Crippen LogP contribution is -2.44. The summed E-state index contributed by atoms with van der Waals surface area (Å²) in [7, 11) is 0. The number of nitrogens with zero attached hydrogens (tertiary/aromatic N) is 1. The number of rotatable bonds is 3. The number of benzene rings is 2. The van der Waals surface area contributed by atoms with Gasteiger partial charge in [-0.15, -0.1) is 12.4 Å². The Labute approximate surface area is 137 Å². The number of hydrogen-bond acceptors (Lipinski definition) is 2. The molecule has 0 aromatic heterocycles. The minimum atomic E-state index is 0. The molecule has 1 unspecified atom stereocenters. The van der Waals surface area contributed by atoms with E-state index in [4.69, 9.17) is 5.73 Å². The Morgan fingerprint density at radius 2 is 1.91 bits per heavy atom. The second kappa shape index (κ2) is 7.61. The van der Waals surface area contributed by atoms with Crippen LogP contribution in [0.4, 0.5) is 0 Å². The molecule has 1 fully saturated rings. The molecule has 0 aliphatic carbocycles. The van der Waals surface area contributed by atoms with Gasteiger partial charge in [0.1, 0.15) is 0 Å². The summed E-state index contributed by atoms with van der Waals surface area (Å²) in [5.74, 6) is 0.157. The van der Waals surface area contributed by atoms with Gasteiger partial charge in [0, 0.05) is 18.2 Å². The molecule has 3 rings (SSSR count). The third-order valence-electron chi connectivity index (χ3n) is 4.41. The van der Waals surface area contributed by atoms with Crippen LogP contribution in [0.15, 0.2) is 42.5 Å². The summed E-state index contributed by atoms with van der Waals surface area (Å²) in [4.78, 5) is 15.0. The molecule has 2 N–H and O–H groups in total. The lowest BCUT2D eigenvalue weighted by atomic mass is 9.96. The number of piperidine rings is 1. The number of likely N-dealkylation sites (tertiary alicyclic amines) is 1. The largest absolute Gasteiger partial charge is 0.336 e. The van der Waals surface area contributed by atoms with Crippen LogP contribution in [0.2, 0.25) is 0 Å². The minimum absolute atomic E-state index is 0. The van der Waals surface area contributed by atoms with Gasteiger partial charge in [-0.05, 0) is 49.1 Å². The van der Waals surface area contributed by atoms with Crippen molar-refractivity contribution >= 4 is 29.1 Å². The summed E-state index contributed by atoms with van der Waals surface area (Å²) in [5, 5.41) is 2.16. The summed E-state index contributed by atoms with van der Waals surface area (Å²) in [5.41, 5.74) is 6.53. The minimum Gasteiger partial charge on any atom is -0.336 e. The molecule has 118 valence electrons. The van der Waals surface area contributed by atoms with Gasteiger partial charge in [0.2, 0.25) is 0 Å². The maximum atomic E-state index is 13.0. The van der Waals surface area contributed by atoms with Crippen LogP contribution >= 0.6 is 12.4 Å². The van der Waals surface area contributed by atoms with Gasteiger partial charge in [-0.3, -0.25) is 4.79 Å². The van der Waals surface area contributed by atoms with E-state index in [0.29, 0.717) is 12.6 Å². The van der Waals surface area contributed by atoms with Gasteiger partial charge in [0.25, 0.3) is 5.91 Å². The van der Waals surface area contributed by atoms with Gasteiger partial charge in [0.15, 0.2) is 0 Å². The van der Waals surface area contributed by atoms with Crippen molar-refractivity contribution < 1.29 is 4.79 Å². The Bertz CT molecular complexity index is 637. The Kier molecular flexibility index (Phi) is 5.81. The van der Waals surface area contributed by atoms with Crippen molar-refractivity contribution in [3.63, 3.8) is 0 Å². The van der Waals surface area contributed by atoms with Crippen LogP contribution in [0.25, 0.3) is 10.8 Å². The summed E-state index contributed by atoms with van der Waals surface area (Å²) in [6.07, 6.45) is 4.27. The zero-order valence-electron chi connectivity index (χ0n) is 12.7. The first kappa shape index (κ1) is 16.8. The molecule has 3 nitrogen and oxygen atoms in total. The fourth-order valence-electron chi connectivity index (χ4n) is 3.33. The number of carbonyl (C=O) groups excluding carboxylic acids is 1. The number of nitrogens with two attached hydrogens (primary N) is 1. The lowest BCUT2D eigenvalue weighted by Gasteiger charge is -2.36. The van der Waals surface area contributed by atoms with Gasteiger partial charge in [-0.2, -0.15) is 0 Å². The van der Waals surface area contributed by atoms with Crippen molar-refractivity contribution in [3.8, 4) is 0 Å². The van der Waals surface area contributed by atoms with Gasteiger partial charge in [-0.25, -0.2) is 0 Å². The monoisotopic (exact) mass is 318 g/mol. The Morgan fingerprint density at radius 3 is 2.73 bits per heavy atom. The quantitative estimate of drug-likeness (QED) is 0.939. The normalized spacial score (nSPS) is 18.0. The zero-order chi connectivity index (χ0) is 14.7. The first-order valence-electron chi connectivity index (χ1n) is 7.80. The fourth-order valence-corrected chi connectivity index (χ4v) is 3.33. The van der Waals surface area contributed by atoms with Gasteiger partial charge in [-0.1, -0.05) is 36.4 Å². The first-order chi connectivity index (χ1) is 10.3. The van der Waals surface area contributed by atoms with Crippen molar-refractivity contribution in [1.29, 1.82) is 0 Å². The molecule has 1 amide bonds. The molecule has 0 radical (unpaired) electrons. The first-order valence-corrected chi connectivity index (χ1v) is 7.80. The van der Waals surface area contributed by atoms with Crippen molar-refractivity contribution in [3.05, 3.63) is 48.0 Å². The molecule has 2 aromatic rings. The predicted molar refractivity (Wildman–Crippen MR) is 93.5 cm³/mol. The molecule has 4 heteroatoms. The summed E-state index contributed by atoms with van der Waals surface area (Å²) in [6, 6.07) is 14.4. The fraction of sp³-hybridized carbons (Fsp3) is 0.389. The van der Waals surface area contributed by atoms with E-state index in [1.165, 1.54) is 6.42 Å². The highest BCUT2D eigenvalue weighted by Gasteiger charge is 2.27. The summed E-state index contributed by atoms with van der Waals surface area (Å²) in [6.45, 7) is 1.50. The molecule has 22 heavy (non-hydrogen) atoms. The Balaban J connectivity index is 0.00000176. The number of fused-ring (bicyclic) bond motifs is 1. The number of amides is 1. The zero-order valence-corrected chi connectivity index (χ0v) is 13.5. The molecule has 1 heterocycles. The average Bonchev–Trinajstić information content (AvgIpc) is 2.54. The van der Waals surface area contributed by atoms with E-state index in [2.05, 4.69) is 12.1 Å². The topological polar surface area (TPSA) is 46.3 Å². The van der Waals surface area contributed by atoms with E-state index in [1.807, 2.05) is 35.2 Å². The molecular weight excluding hydrogens is 296 g/mol. The standard InChI is InChI=1S/C18H22N2O.ClH/c19-12-11-15-8-3-4-13-20(15)18(21)17-10-5-7-14-6-1-2-9-16(14)17;/h1-2,5-7,9-10,15H,3-4,8,11-13,19H2;1H. The highest BCUT2D eigenvalue weighted by molar-refractivity contribution is 6.07. The molecule has 1 aliphatic rings. The molecule has 0 saturated carbocycles. The maximum absolute atomic E-state index is 13.0. The average molecular weight is 319 g/mol. The highest BCUT2D eigenvalue weighted by Crippen LogP contribution is 2.25. The van der Waals surface area contributed by atoms with Crippen molar-refractivity contribution in [2.75, 3.05) is 13.1 Å². The van der Waals surface area contributed by atoms with E-state index in [0.717, 1.165) is 42.1 Å². The third kappa shape index (κ3) is 3.26. The van der Waals surface area contributed by atoms with Crippen molar-refractivity contribution in [2.24, 2.45) is 5.73 Å². The number of halogens is 1. The van der Waals surface area contributed by atoms with E-state index < -0.39 is 0 Å². The second-order valence-corrected chi connectivity index (χ2v) is 5.75. The molecule has 0 spiro atoms. The molecular formula is C18H23ClN2O. The second-order valence-electron chi connectivity index (χ2n) is 5.75. The summed E-state index contributed by atoms with van der Waals surface area (Å²) >= 11 is 0. The molecule has 2 aromatic carbocycles. The van der Waals surface area contributed by atoms with Crippen LogP contribution in [-0.4, -0.2) is 29.9 Å². The SMILES string of the molecule is Cl.NCCC1CCCCN1C(=O)c1cccc2ccccc12. The van der Waals surface area contributed by atoms with Crippen LogP contribution in [0.3, 0.4) is 0 Å². The predicted octanol–water partition coefficient (Wildman–Crippen LogP) is 3.61. The van der Waals surface area contributed by atoms with E-state index in [1.54, 1.807) is 0 Å². The number of carbonyl (C=O) groups is 1. The van der Waals surface area contributed by atoms with Crippen LogP contribution in [-0.2, 0) is 0 Å². The van der Waals surface area contributed by atoms with Crippen molar-refractivity contribution in [1.82, 2.24) is 4.90 Å². The lowest BCUT2D eigenvalue weighted by molar-refractivity contribution is 0.0607. The van der Waals surface area contributed by atoms with Crippen LogP contribution < -0.4 is 5.73 Å². The van der Waals surface area contributed by atoms with E-state index >= 15 is 0 Å². The van der Waals surface area contributed by atoms with Crippen LogP contribution in [0.5, 0.6) is 0 Å². The molecule has 1 saturated heterocycles. The van der Waals surface area contributed by atoms with Gasteiger partial charge >= 0.3 is 0 Å². The Hall–Kier alpha value is -1.58. The molecule has 1 aliphatic heterocycles. The molecule has 1 atom stereocenters. The van der Waals surface area contributed by atoms with Crippen LogP contribution in [0, 0.1) is 0 Å². The summed E-state index contributed by atoms with van der Waals surface area (Å²) < 4.78 is 0. The molecule has 0 bridgehead atoms. The highest BCUT2D eigenvalue weighted by atomic mass is 35.5. The van der Waals surface area contributed by atoms with E-state index in [-0.39, 0.29) is 18.3 Å². The number of hydrogen-bond donors (Lipinski definition) is 1. The third-order valence-corrected chi connectivity index (χ3v) is 4.41. The van der Waals surface area contributed by atoms with Gasteiger partial charge in [0.05, 0.1) is 0 Å². The smallest absolute Gasteiger partial charge is 0.254 e.